The summed E-state index contributed by atoms with van der Waals surface area (Å²) < 4.78 is 16.3. The zero-order chi connectivity index (χ0) is 37.6. The summed E-state index contributed by atoms with van der Waals surface area (Å²) >= 11 is 6.62. The first-order chi connectivity index (χ1) is 26.8. The number of phenolic OH excluding ortho intramolecular Hbond substituents is 1. The fraction of sp³-hybridized carbons (Fsp3) is 0.273. The minimum Gasteiger partial charge on any atom is -0.508 e. The number of carbonyl (C=O) groups excluding carboxylic acids is 2. The topological polar surface area (TPSA) is 92.4 Å². The van der Waals surface area contributed by atoms with E-state index in [0.717, 1.165) is 53.8 Å². The number of phenols is 1. The quantitative estimate of drug-likeness (QED) is 0.182. The van der Waals surface area contributed by atoms with Gasteiger partial charge in [-0.3, -0.25) is 19.4 Å². The number of nitrogens with zero attached hydrogens (tertiary/aromatic N) is 5. The van der Waals surface area contributed by atoms with Crippen LogP contribution in [0.5, 0.6) is 5.75 Å². The van der Waals surface area contributed by atoms with Crippen LogP contribution in [-0.2, 0) is 42.6 Å². The summed E-state index contributed by atoms with van der Waals surface area (Å²) in [6.07, 6.45) is 4.22. The number of amides is 2. The minimum absolute atomic E-state index is 0.0000508. The Labute approximate surface area is 324 Å². The minimum atomic E-state index is -0.469. The average molecular weight is 756 g/mol. The molecule has 3 aliphatic heterocycles. The van der Waals surface area contributed by atoms with Crippen molar-refractivity contribution >= 4 is 45.7 Å². The molecule has 2 amide bonds. The normalized spacial score (nSPS) is 18.5. The van der Waals surface area contributed by atoms with Gasteiger partial charge in [0.25, 0.3) is 11.8 Å². The van der Waals surface area contributed by atoms with Crippen molar-refractivity contribution in [3.05, 3.63) is 148 Å². The molecule has 4 aromatic carbocycles. The first kappa shape index (κ1) is 35.3. The molecule has 0 saturated carbocycles. The predicted molar refractivity (Wildman–Crippen MR) is 212 cm³/mol. The van der Waals surface area contributed by atoms with Crippen LogP contribution in [0.1, 0.15) is 49.2 Å². The number of rotatable bonds is 7. The zero-order valence-corrected chi connectivity index (χ0v) is 31.4. The van der Waals surface area contributed by atoms with Gasteiger partial charge in [-0.25, -0.2) is 0 Å². The Kier molecular flexibility index (Phi) is 9.43. The Balaban J connectivity index is 1.01. The number of morpholine rings is 1. The summed E-state index contributed by atoms with van der Waals surface area (Å²) in [6.45, 7) is 4.96. The van der Waals surface area contributed by atoms with Crippen molar-refractivity contribution in [3.63, 3.8) is 0 Å². The standard InChI is InChI=1S/C44H42ClN5O5/c1-46-16-14-30-23-34(9-13-40(30)46)50(33-7-10-36(51)11-8-33)44(53)38-15-17-48-27-42(55-28-41(38)48)39-24-32(45)6-12-37(39)43(52)49-25-31-5-3-2-4-29(31)22-35(49)26-47-18-20-54-21-19-47/h2-17,23-24,35,42,51H,18-22,25-28H2,1H3/t35-,42?/m0/s1. The van der Waals surface area contributed by atoms with E-state index >= 15 is 0 Å². The van der Waals surface area contributed by atoms with Gasteiger partial charge in [0.2, 0.25) is 0 Å². The van der Waals surface area contributed by atoms with E-state index in [-0.39, 0.29) is 30.2 Å². The van der Waals surface area contributed by atoms with E-state index in [1.165, 1.54) is 5.56 Å². The van der Waals surface area contributed by atoms with Gasteiger partial charge in [-0.15, -0.1) is 0 Å². The highest BCUT2D eigenvalue weighted by molar-refractivity contribution is 6.30. The summed E-state index contributed by atoms with van der Waals surface area (Å²) in [5.41, 5.74) is 7.40. The summed E-state index contributed by atoms with van der Waals surface area (Å²) in [4.78, 5) is 35.4. The molecule has 55 heavy (non-hydrogen) atoms. The monoisotopic (exact) mass is 755 g/mol. The van der Waals surface area contributed by atoms with E-state index < -0.39 is 6.10 Å². The van der Waals surface area contributed by atoms with Crippen molar-refractivity contribution in [2.75, 3.05) is 37.7 Å². The molecule has 6 aromatic rings. The van der Waals surface area contributed by atoms with E-state index in [1.807, 2.05) is 82.0 Å². The molecule has 9 rings (SSSR count). The van der Waals surface area contributed by atoms with Crippen LogP contribution in [0.4, 0.5) is 11.4 Å². The second-order valence-corrected chi connectivity index (χ2v) is 15.1. The molecule has 1 saturated heterocycles. The number of benzene rings is 4. The van der Waals surface area contributed by atoms with Gasteiger partial charge in [-0.2, -0.15) is 0 Å². The number of anilines is 2. The maximum absolute atomic E-state index is 14.7. The number of ether oxygens (including phenoxy) is 2. The van der Waals surface area contributed by atoms with Crippen LogP contribution in [-0.4, -0.2) is 74.7 Å². The van der Waals surface area contributed by atoms with Gasteiger partial charge in [0.15, 0.2) is 0 Å². The van der Waals surface area contributed by atoms with Gasteiger partial charge in [0, 0.05) is 84.5 Å². The lowest BCUT2D eigenvalue weighted by Gasteiger charge is -2.41. The molecule has 0 spiro atoms. The van der Waals surface area contributed by atoms with Crippen LogP contribution in [0.25, 0.3) is 10.9 Å². The van der Waals surface area contributed by atoms with Gasteiger partial charge in [-0.1, -0.05) is 35.9 Å². The third kappa shape index (κ3) is 6.80. The Hall–Kier alpha value is -5.39. The zero-order valence-electron chi connectivity index (χ0n) is 30.6. The maximum atomic E-state index is 14.7. The largest absolute Gasteiger partial charge is 0.508 e. The molecule has 0 aliphatic carbocycles. The highest BCUT2D eigenvalue weighted by atomic mass is 35.5. The van der Waals surface area contributed by atoms with Crippen LogP contribution < -0.4 is 4.90 Å². The molecule has 0 radical (unpaired) electrons. The van der Waals surface area contributed by atoms with Crippen LogP contribution in [0.3, 0.4) is 0 Å². The van der Waals surface area contributed by atoms with Gasteiger partial charge in [0.05, 0.1) is 37.6 Å². The summed E-state index contributed by atoms with van der Waals surface area (Å²) in [7, 11) is 1.99. The Bertz CT molecular complexity index is 2400. The molecule has 11 heteroatoms. The second-order valence-electron chi connectivity index (χ2n) is 14.7. The van der Waals surface area contributed by atoms with Crippen molar-refractivity contribution in [2.24, 2.45) is 7.05 Å². The lowest BCUT2D eigenvalue weighted by molar-refractivity contribution is 0.00136. The molecule has 1 N–H and O–H groups in total. The summed E-state index contributed by atoms with van der Waals surface area (Å²) in [6, 6.07) is 30.3. The number of carbonyl (C=O) groups is 2. The Morgan fingerprint density at radius 1 is 0.873 bits per heavy atom. The lowest BCUT2D eigenvalue weighted by atomic mass is 9.91. The van der Waals surface area contributed by atoms with E-state index in [0.29, 0.717) is 53.8 Å². The molecule has 0 bridgehead atoms. The molecule has 1 unspecified atom stereocenters. The third-order valence-electron chi connectivity index (χ3n) is 11.3. The fourth-order valence-electron chi connectivity index (χ4n) is 8.36. The van der Waals surface area contributed by atoms with E-state index in [4.69, 9.17) is 21.1 Å². The first-order valence-electron chi connectivity index (χ1n) is 18.8. The highest BCUT2D eigenvalue weighted by Crippen LogP contribution is 2.37. The third-order valence-corrected chi connectivity index (χ3v) is 11.5. The smallest absolute Gasteiger partial charge is 0.264 e. The van der Waals surface area contributed by atoms with Crippen molar-refractivity contribution < 1.29 is 24.2 Å². The number of aryl methyl sites for hydroxylation is 1. The second kappa shape index (κ2) is 14.7. The van der Waals surface area contributed by atoms with Crippen molar-refractivity contribution in [3.8, 4) is 5.75 Å². The van der Waals surface area contributed by atoms with Crippen LogP contribution in [0, 0.1) is 0 Å². The molecule has 2 aromatic heterocycles. The van der Waals surface area contributed by atoms with Crippen molar-refractivity contribution in [2.45, 2.75) is 38.3 Å². The Morgan fingerprint density at radius 2 is 1.65 bits per heavy atom. The number of halogens is 1. The number of fused-ring (bicyclic) bond motifs is 3. The number of hydrogen-bond acceptors (Lipinski definition) is 6. The predicted octanol–water partition coefficient (Wildman–Crippen LogP) is 7.49. The lowest BCUT2D eigenvalue weighted by Crippen LogP contribution is -2.52. The number of hydrogen-bond donors (Lipinski definition) is 1. The molecule has 280 valence electrons. The van der Waals surface area contributed by atoms with Crippen LogP contribution in [0.15, 0.2) is 109 Å². The van der Waals surface area contributed by atoms with Crippen LogP contribution >= 0.6 is 11.6 Å². The molecule has 10 nitrogen and oxygen atoms in total. The molecular formula is C44H42ClN5O5. The first-order valence-corrected chi connectivity index (χ1v) is 19.1. The van der Waals surface area contributed by atoms with Gasteiger partial charge < -0.3 is 28.6 Å². The summed E-state index contributed by atoms with van der Waals surface area (Å²) in [5, 5.41) is 11.6. The van der Waals surface area contributed by atoms with E-state index in [9.17, 15) is 14.7 Å². The number of aromatic nitrogens is 2. The van der Waals surface area contributed by atoms with Crippen molar-refractivity contribution in [1.29, 1.82) is 0 Å². The maximum Gasteiger partial charge on any atom is 0.264 e. The highest BCUT2D eigenvalue weighted by Gasteiger charge is 2.35. The fourth-order valence-corrected chi connectivity index (χ4v) is 8.54. The van der Waals surface area contributed by atoms with Crippen molar-refractivity contribution in [1.82, 2.24) is 18.9 Å². The SMILES string of the molecule is Cn1ccc2cc(N(C(=O)c3ccn4c3COC(c3cc(Cl)ccc3C(=O)N3Cc5ccccc5C[C@H]3CN3CCOCC3)C4)c3ccc(O)cc3)ccc21. The van der Waals surface area contributed by atoms with E-state index in [1.54, 1.807) is 35.2 Å². The van der Waals surface area contributed by atoms with Gasteiger partial charge in [-0.05, 0) is 95.9 Å². The molecule has 5 heterocycles. The molecule has 3 aliphatic rings. The van der Waals surface area contributed by atoms with E-state index in [2.05, 4.69) is 23.1 Å². The molecule has 1 fully saturated rings. The number of aromatic hydroxyl groups is 1. The van der Waals surface area contributed by atoms with Crippen LogP contribution in [0.2, 0.25) is 5.02 Å². The average Bonchev–Trinajstić information content (AvgIpc) is 3.81. The van der Waals surface area contributed by atoms with Gasteiger partial charge >= 0.3 is 0 Å². The summed E-state index contributed by atoms with van der Waals surface area (Å²) in [5.74, 6) is -0.142. The molecule has 2 atom stereocenters. The Morgan fingerprint density at radius 3 is 2.47 bits per heavy atom. The molecular weight excluding hydrogens is 714 g/mol. The van der Waals surface area contributed by atoms with Gasteiger partial charge in [0.1, 0.15) is 11.9 Å².